The number of amides is 1. The summed E-state index contributed by atoms with van der Waals surface area (Å²) < 4.78 is 20.4. The molecule has 0 unspecified atom stereocenters. The molecule has 0 bridgehead atoms. The van der Waals surface area contributed by atoms with Crippen molar-refractivity contribution in [3.8, 4) is 23.2 Å². The van der Waals surface area contributed by atoms with Crippen molar-refractivity contribution in [2.24, 2.45) is 0 Å². The molecular formula is C21H22FN9O3. The summed E-state index contributed by atoms with van der Waals surface area (Å²) in [5.41, 5.74) is 0.742. The summed E-state index contributed by atoms with van der Waals surface area (Å²) in [5, 5.41) is 29.8. The number of nitrogens with one attached hydrogen (secondary N) is 1. The quantitative estimate of drug-likeness (QED) is 0.515. The van der Waals surface area contributed by atoms with E-state index in [4.69, 9.17) is 9.84 Å². The molecule has 1 aliphatic heterocycles. The number of carbonyl (C=O) groups is 1. The Morgan fingerprint density at radius 1 is 1.41 bits per heavy atom. The zero-order valence-corrected chi connectivity index (χ0v) is 18.3. The highest BCUT2D eigenvalue weighted by molar-refractivity contribution is 5.77. The number of rotatable bonds is 7. The standard InChI is InChI=1S/C21H22FN9O3/c1-2-31-26-9-18(29-31)27-21-25-12-24-20(28-21)13-3-4-16(14(7-13)8-23)34-17-5-6-30(10-15(17)22)19(33)11-32/h3-4,7,9,12,15,17,32H,2,5-6,10-11H2,1H3,(H,24,25,27,28,29)/t15-,17-/m0/s1. The Morgan fingerprint density at radius 2 is 2.26 bits per heavy atom. The summed E-state index contributed by atoms with van der Waals surface area (Å²) in [4.78, 5) is 27.0. The van der Waals surface area contributed by atoms with Crippen molar-refractivity contribution >= 4 is 17.7 Å². The molecular weight excluding hydrogens is 445 g/mol. The normalized spacial score (nSPS) is 17.8. The number of nitriles is 1. The van der Waals surface area contributed by atoms with Crippen molar-refractivity contribution in [1.29, 1.82) is 5.26 Å². The molecule has 0 saturated carbocycles. The molecule has 2 N–H and O–H groups in total. The number of aryl methyl sites for hydroxylation is 1. The van der Waals surface area contributed by atoms with E-state index < -0.39 is 24.8 Å². The summed E-state index contributed by atoms with van der Waals surface area (Å²) in [6.07, 6.45) is 0.865. The molecule has 1 aromatic carbocycles. The van der Waals surface area contributed by atoms with E-state index in [1.807, 2.05) is 6.92 Å². The van der Waals surface area contributed by atoms with Gasteiger partial charge in [0.2, 0.25) is 11.9 Å². The fourth-order valence-corrected chi connectivity index (χ4v) is 3.48. The third-order valence-corrected chi connectivity index (χ3v) is 5.24. The molecule has 176 valence electrons. The lowest BCUT2D eigenvalue weighted by molar-refractivity contribution is -0.138. The van der Waals surface area contributed by atoms with Gasteiger partial charge in [0.25, 0.3) is 0 Å². The first kappa shape index (κ1) is 23.0. The molecule has 3 heterocycles. The minimum atomic E-state index is -1.45. The van der Waals surface area contributed by atoms with Crippen LogP contribution in [0.15, 0.2) is 30.7 Å². The molecule has 2 aromatic heterocycles. The molecule has 1 fully saturated rings. The number of ether oxygens (including phenoxy) is 1. The smallest absolute Gasteiger partial charge is 0.248 e. The van der Waals surface area contributed by atoms with Gasteiger partial charge in [-0.15, -0.1) is 5.10 Å². The lowest BCUT2D eigenvalue weighted by Crippen LogP contribution is -2.50. The first-order valence-electron chi connectivity index (χ1n) is 10.6. The van der Waals surface area contributed by atoms with Crippen LogP contribution in [0.25, 0.3) is 11.4 Å². The number of hydrogen-bond acceptors (Lipinski definition) is 10. The number of halogens is 1. The molecule has 1 saturated heterocycles. The van der Waals surface area contributed by atoms with E-state index in [0.29, 0.717) is 23.8 Å². The fourth-order valence-electron chi connectivity index (χ4n) is 3.48. The number of piperidine rings is 1. The number of aliphatic hydroxyl groups is 1. The number of alkyl halides is 1. The molecule has 0 aliphatic carbocycles. The second-order valence-electron chi connectivity index (χ2n) is 7.46. The van der Waals surface area contributed by atoms with Crippen molar-refractivity contribution < 1.29 is 19.0 Å². The molecule has 1 aliphatic rings. The maximum absolute atomic E-state index is 14.6. The Labute approximate surface area is 194 Å². The Balaban J connectivity index is 1.48. The van der Waals surface area contributed by atoms with Gasteiger partial charge in [-0.1, -0.05) is 0 Å². The summed E-state index contributed by atoms with van der Waals surface area (Å²) >= 11 is 0. The van der Waals surface area contributed by atoms with Gasteiger partial charge in [-0.05, 0) is 25.1 Å². The Morgan fingerprint density at radius 3 is 2.97 bits per heavy atom. The van der Waals surface area contributed by atoms with Crippen LogP contribution in [0.4, 0.5) is 16.2 Å². The molecule has 34 heavy (non-hydrogen) atoms. The van der Waals surface area contributed by atoms with Gasteiger partial charge in [0.1, 0.15) is 30.9 Å². The van der Waals surface area contributed by atoms with Crippen molar-refractivity contribution in [3.63, 3.8) is 0 Å². The van der Waals surface area contributed by atoms with Crippen LogP contribution in [0, 0.1) is 11.3 Å². The highest BCUT2D eigenvalue weighted by atomic mass is 19.1. The topological polar surface area (TPSA) is 155 Å². The van der Waals surface area contributed by atoms with Gasteiger partial charge in [0, 0.05) is 18.5 Å². The van der Waals surface area contributed by atoms with Crippen LogP contribution in [0.3, 0.4) is 0 Å². The second kappa shape index (κ2) is 10.2. The molecule has 13 heteroatoms. The summed E-state index contributed by atoms with van der Waals surface area (Å²) in [5.74, 6) is 0.765. The van der Waals surface area contributed by atoms with E-state index in [0.717, 1.165) is 0 Å². The zero-order valence-electron chi connectivity index (χ0n) is 18.3. The minimum absolute atomic E-state index is 0.170. The molecule has 0 radical (unpaired) electrons. The van der Waals surface area contributed by atoms with Gasteiger partial charge in [0.15, 0.2) is 17.8 Å². The maximum atomic E-state index is 14.6. The number of aliphatic hydroxyl groups excluding tert-OH is 1. The van der Waals surface area contributed by atoms with Crippen LogP contribution in [0.2, 0.25) is 0 Å². The Bertz CT molecular complexity index is 1210. The number of benzene rings is 1. The van der Waals surface area contributed by atoms with Crippen molar-refractivity contribution in [2.75, 3.05) is 25.0 Å². The van der Waals surface area contributed by atoms with Gasteiger partial charge in [0.05, 0.1) is 24.8 Å². The van der Waals surface area contributed by atoms with E-state index in [1.165, 1.54) is 16.0 Å². The first-order chi connectivity index (χ1) is 16.5. The number of carbonyl (C=O) groups excluding carboxylic acids is 1. The summed E-state index contributed by atoms with van der Waals surface area (Å²) in [6, 6.07) is 6.84. The average molecular weight is 467 g/mol. The third-order valence-electron chi connectivity index (χ3n) is 5.24. The number of aromatic nitrogens is 6. The summed E-state index contributed by atoms with van der Waals surface area (Å²) in [7, 11) is 0. The number of nitrogens with zero attached hydrogens (tertiary/aromatic N) is 8. The van der Waals surface area contributed by atoms with Crippen LogP contribution in [0.1, 0.15) is 18.9 Å². The molecule has 1 amide bonds. The van der Waals surface area contributed by atoms with Crippen LogP contribution in [-0.4, -0.2) is 77.8 Å². The van der Waals surface area contributed by atoms with Gasteiger partial charge < -0.3 is 20.1 Å². The van der Waals surface area contributed by atoms with Crippen molar-refractivity contribution in [3.05, 3.63) is 36.3 Å². The first-order valence-corrected chi connectivity index (χ1v) is 10.6. The number of anilines is 2. The predicted octanol–water partition coefficient (Wildman–Crippen LogP) is 1.08. The van der Waals surface area contributed by atoms with E-state index in [-0.39, 0.29) is 36.8 Å². The molecule has 2 atom stereocenters. The number of hydrogen-bond donors (Lipinski definition) is 2. The van der Waals surface area contributed by atoms with Crippen LogP contribution in [0.5, 0.6) is 5.75 Å². The molecule has 3 aromatic rings. The molecule has 4 rings (SSSR count). The SMILES string of the molecule is CCn1ncc(Nc2ncnc(-c3ccc(O[C@H]4CCN(C(=O)CO)C[C@@H]4F)c(C#N)c3)n2)n1. The Kier molecular flexibility index (Phi) is 6.88. The van der Waals surface area contributed by atoms with Crippen molar-refractivity contribution in [1.82, 2.24) is 34.8 Å². The van der Waals surface area contributed by atoms with E-state index in [1.54, 1.807) is 24.4 Å². The van der Waals surface area contributed by atoms with Crippen LogP contribution in [-0.2, 0) is 11.3 Å². The highest BCUT2D eigenvalue weighted by Crippen LogP contribution is 2.28. The average Bonchev–Trinajstić information content (AvgIpc) is 3.32. The predicted molar refractivity (Wildman–Crippen MR) is 117 cm³/mol. The van der Waals surface area contributed by atoms with Gasteiger partial charge in [-0.3, -0.25) is 4.79 Å². The van der Waals surface area contributed by atoms with E-state index in [9.17, 15) is 14.4 Å². The Hall–Kier alpha value is -4.18. The lowest BCUT2D eigenvalue weighted by atomic mass is 10.0. The zero-order chi connectivity index (χ0) is 24.1. The van der Waals surface area contributed by atoms with Gasteiger partial charge >= 0.3 is 0 Å². The monoisotopic (exact) mass is 467 g/mol. The number of likely N-dealkylation sites (tertiary alicyclic amines) is 1. The summed E-state index contributed by atoms with van der Waals surface area (Å²) in [6.45, 7) is 1.97. The molecule has 12 nitrogen and oxygen atoms in total. The highest BCUT2D eigenvalue weighted by Gasteiger charge is 2.33. The largest absolute Gasteiger partial charge is 0.486 e. The maximum Gasteiger partial charge on any atom is 0.248 e. The molecule has 0 spiro atoms. The van der Waals surface area contributed by atoms with Crippen LogP contribution < -0.4 is 10.1 Å². The van der Waals surface area contributed by atoms with Crippen LogP contribution >= 0.6 is 0 Å². The fraction of sp³-hybridized carbons (Fsp3) is 0.381. The van der Waals surface area contributed by atoms with Gasteiger partial charge in [-0.25, -0.2) is 14.4 Å². The second-order valence-corrected chi connectivity index (χ2v) is 7.46. The minimum Gasteiger partial charge on any atom is -0.486 e. The lowest BCUT2D eigenvalue weighted by Gasteiger charge is -2.34. The van der Waals surface area contributed by atoms with E-state index >= 15 is 0 Å². The van der Waals surface area contributed by atoms with E-state index in [2.05, 4.69) is 36.5 Å². The van der Waals surface area contributed by atoms with Crippen molar-refractivity contribution in [2.45, 2.75) is 32.2 Å². The third kappa shape index (κ3) is 5.07. The van der Waals surface area contributed by atoms with Gasteiger partial charge in [-0.2, -0.15) is 20.1 Å².